The third-order valence-electron chi connectivity index (χ3n) is 6.08. The maximum atomic E-state index is 13.2. The molecule has 4 rings (SSSR count). The van der Waals surface area contributed by atoms with Crippen LogP contribution in [0.25, 0.3) is 10.2 Å². The fourth-order valence-electron chi connectivity index (χ4n) is 4.25. The molecule has 2 aromatic heterocycles. The van der Waals surface area contributed by atoms with Crippen LogP contribution >= 0.6 is 11.3 Å². The molecule has 180 valence electrons. The summed E-state index contributed by atoms with van der Waals surface area (Å²) in [6, 6.07) is 5.07. The molecule has 0 aliphatic carbocycles. The standard InChI is InChI=1S/C24H28N4O5S/c1-14-6-5-9-27(11-14)19(29)12-28-13-25-23-20(24(28)31)15(2)21(34-23)22(30)26-16-7-8-17(32-3)18(10-16)33-4/h7-8,10,13-14H,5-6,9,11-12H2,1-4H3,(H,26,30). The Bertz CT molecular complexity index is 1300. The van der Waals surface area contributed by atoms with E-state index in [4.69, 9.17) is 9.47 Å². The Morgan fingerprint density at radius 3 is 2.71 bits per heavy atom. The summed E-state index contributed by atoms with van der Waals surface area (Å²) in [7, 11) is 3.06. The van der Waals surface area contributed by atoms with E-state index in [1.54, 1.807) is 25.1 Å². The number of nitrogens with one attached hydrogen (secondary N) is 1. The summed E-state index contributed by atoms with van der Waals surface area (Å²) < 4.78 is 11.8. The van der Waals surface area contributed by atoms with Gasteiger partial charge in [-0.05, 0) is 43.4 Å². The van der Waals surface area contributed by atoms with Crippen LogP contribution in [0.2, 0.25) is 0 Å². The van der Waals surface area contributed by atoms with Gasteiger partial charge in [0.1, 0.15) is 11.4 Å². The van der Waals surface area contributed by atoms with Gasteiger partial charge in [-0.25, -0.2) is 4.98 Å². The maximum absolute atomic E-state index is 13.2. The number of fused-ring (bicyclic) bond motifs is 1. The highest BCUT2D eigenvalue weighted by Crippen LogP contribution is 2.31. The number of ether oxygens (including phenoxy) is 2. The van der Waals surface area contributed by atoms with Gasteiger partial charge in [0.25, 0.3) is 11.5 Å². The fraction of sp³-hybridized carbons (Fsp3) is 0.417. The van der Waals surface area contributed by atoms with Crippen LogP contribution in [0.5, 0.6) is 11.5 Å². The molecule has 0 spiro atoms. The van der Waals surface area contributed by atoms with E-state index in [1.807, 2.05) is 4.90 Å². The largest absolute Gasteiger partial charge is 0.493 e. The van der Waals surface area contributed by atoms with Gasteiger partial charge >= 0.3 is 0 Å². The highest BCUT2D eigenvalue weighted by atomic mass is 32.1. The number of methoxy groups -OCH3 is 2. The van der Waals surface area contributed by atoms with E-state index >= 15 is 0 Å². The molecule has 0 radical (unpaired) electrons. The van der Waals surface area contributed by atoms with Crippen molar-refractivity contribution in [3.8, 4) is 11.5 Å². The van der Waals surface area contributed by atoms with E-state index in [0.29, 0.717) is 56.9 Å². The number of nitrogens with zero attached hydrogens (tertiary/aromatic N) is 3. The molecule has 0 bridgehead atoms. The molecule has 1 atom stereocenters. The first kappa shape index (κ1) is 23.7. The molecule has 0 saturated carbocycles. The van der Waals surface area contributed by atoms with Crippen molar-refractivity contribution in [1.29, 1.82) is 0 Å². The van der Waals surface area contributed by atoms with Crippen LogP contribution in [-0.2, 0) is 11.3 Å². The number of anilines is 1. The molecule has 3 aromatic rings. The number of hydrogen-bond acceptors (Lipinski definition) is 7. The predicted octanol–water partition coefficient (Wildman–Crippen LogP) is 3.29. The smallest absolute Gasteiger partial charge is 0.266 e. The van der Waals surface area contributed by atoms with Crippen LogP contribution in [0.4, 0.5) is 5.69 Å². The van der Waals surface area contributed by atoms with Gasteiger partial charge in [-0.1, -0.05) is 6.92 Å². The van der Waals surface area contributed by atoms with Gasteiger partial charge in [0, 0.05) is 24.8 Å². The van der Waals surface area contributed by atoms with E-state index in [2.05, 4.69) is 17.2 Å². The molecule has 1 fully saturated rings. The second-order valence-electron chi connectivity index (χ2n) is 8.53. The zero-order valence-corrected chi connectivity index (χ0v) is 20.5. The second-order valence-corrected chi connectivity index (χ2v) is 9.52. The highest BCUT2D eigenvalue weighted by molar-refractivity contribution is 7.20. The van der Waals surface area contributed by atoms with Crippen molar-refractivity contribution in [2.24, 2.45) is 5.92 Å². The highest BCUT2D eigenvalue weighted by Gasteiger charge is 2.23. The van der Waals surface area contributed by atoms with Gasteiger partial charge in [0.05, 0.1) is 30.8 Å². The van der Waals surface area contributed by atoms with Crippen LogP contribution in [0.15, 0.2) is 29.3 Å². The number of piperidine rings is 1. The number of likely N-dealkylation sites (tertiary alicyclic amines) is 1. The topological polar surface area (TPSA) is 103 Å². The van der Waals surface area contributed by atoms with E-state index < -0.39 is 0 Å². The average Bonchev–Trinajstić information content (AvgIpc) is 3.17. The SMILES string of the molecule is COc1ccc(NC(=O)c2sc3ncn(CC(=O)N4CCCC(C)C4)c(=O)c3c2C)cc1OC. The Morgan fingerprint density at radius 2 is 2.00 bits per heavy atom. The molecule has 1 aliphatic heterocycles. The van der Waals surface area contributed by atoms with Crippen LogP contribution in [0, 0.1) is 12.8 Å². The first-order valence-electron chi connectivity index (χ1n) is 11.1. The lowest BCUT2D eigenvalue weighted by molar-refractivity contribution is -0.133. The van der Waals surface area contributed by atoms with Crippen molar-refractivity contribution in [1.82, 2.24) is 14.5 Å². The molecule has 1 saturated heterocycles. The number of carbonyl (C=O) groups excluding carboxylic acids is 2. The number of rotatable bonds is 6. The number of amides is 2. The summed E-state index contributed by atoms with van der Waals surface area (Å²) in [5, 5.41) is 3.20. The fourth-order valence-corrected chi connectivity index (χ4v) is 5.29. The number of aromatic nitrogens is 2. The Morgan fingerprint density at radius 1 is 1.24 bits per heavy atom. The number of aryl methyl sites for hydroxylation is 1. The summed E-state index contributed by atoms with van der Waals surface area (Å²) in [6.07, 6.45) is 3.47. The molecule has 1 aliphatic rings. The van der Waals surface area contributed by atoms with Crippen molar-refractivity contribution in [3.63, 3.8) is 0 Å². The maximum Gasteiger partial charge on any atom is 0.266 e. The molecule has 10 heteroatoms. The van der Waals surface area contributed by atoms with E-state index in [0.717, 1.165) is 24.2 Å². The Balaban J connectivity index is 1.58. The third-order valence-corrected chi connectivity index (χ3v) is 7.28. The summed E-state index contributed by atoms with van der Waals surface area (Å²) in [6.45, 7) is 5.22. The van der Waals surface area contributed by atoms with E-state index in [-0.39, 0.29) is 23.9 Å². The monoisotopic (exact) mass is 484 g/mol. The Kier molecular flexibility index (Phi) is 6.87. The molecular weight excluding hydrogens is 456 g/mol. The lowest BCUT2D eigenvalue weighted by atomic mass is 10.0. The summed E-state index contributed by atoms with van der Waals surface area (Å²) in [4.78, 5) is 46.0. The minimum atomic E-state index is -0.350. The Hall–Kier alpha value is -3.40. The molecule has 1 N–H and O–H groups in total. The number of carbonyl (C=O) groups is 2. The van der Waals surface area contributed by atoms with Gasteiger partial charge in [-0.2, -0.15) is 0 Å². The van der Waals surface area contributed by atoms with Crippen molar-refractivity contribution < 1.29 is 19.1 Å². The van der Waals surface area contributed by atoms with Gasteiger partial charge in [0.15, 0.2) is 11.5 Å². The van der Waals surface area contributed by atoms with Gasteiger partial charge < -0.3 is 19.7 Å². The zero-order valence-electron chi connectivity index (χ0n) is 19.7. The first-order chi connectivity index (χ1) is 16.3. The molecule has 34 heavy (non-hydrogen) atoms. The third kappa shape index (κ3) is 4.63. The van der Waals surface area contributed by atoms with Gasteiger partial charge in [-0.15, -0.1) is 11.3 Å². The zero-order chi connectivity index (χ0) is 24.4. The lowest BCUT2D eigenvalue weighted by Crippen LogP contribution is -2.42. The molecular formula is C24H28N4O5S. The number of thiophene rings is 1. The predicted molar refractivity (Wildman–Crippen MR) is 131 cm³/mol. The molecule has 9 nitrogen and oxygen atoms in total. The molecule has 1 aromatic carbocycles. The second kappa shape index (κ2) is 9.84. The Labute approximate surface area is 201 Å². The summed E-state index contributed by atoms with van der Waals surface area (Å²) in [5.74, 6) is 1.06. The normalized spacial score (nSPS) is 15.9. The first-order valence-corrected chi connectivity index (χ1v) is 11.9. The van der Waals surface area contributed by atoms with Crippen molar-refractivity contribution in [2.75, 3.05) is 32.6 Å². The van der Waals surface area contributed by atoms with Crippen LogP contribution < -0.4 is 20.3 Å². The minimum absolute atomic E-state index is 0.0586. The molecule has 1 unspecified atom stereocenters. The lowest BCUT2D eigenvalue weighted by Gasteiger charge is -2.31. The number of benzene rings is 1. The van der Waals surface area contributed by atoms with Gasteiger partial charge in [-0.3, -0.25) is 19.0 Å². The average molecular weight is 485 g/mol. The van der Waals surface area contributed by atoms with Crippen LogP contribution in [-0.4, -0.2) is 53.6 Å². The molecule has 3 heterocycles. The van der Waals surface area contributed by atoms with E-state index in [1.165, 1.54) is 25.1 Å². The number of hydrogen-bond donors (Lipinski definition) is 1. The van der Waals surface area contributed by atoms with Crippen LogP contribution in [0.3, 0.4) is 0 Å². The van der Waals surface area contributed by atoms with Gasteiger partial charge in [0.2, 0.25) is 5.91 Å². The quantitative estimate of drug-likeness (QED) is 0.576. The summed E-state index contributed by atoms with van der Waals surface area (Å²) in [5.41, 5.74) is 0.762. The van der Waals surface area contributed by atoms with Crippen molar-refractivity contribution >= 4 is 39.1 Å². The van der Waals surface area contributed by atoms with Crippen LogP contribution in [0.1, 0.15) is 35.0 Å². The summed E-state index contributed by atoms with van der Waals surface area (Å²) >= 11 is 1.15. The van der Waals surface area contributed by atoms with Crippen molar-refractivity contribution in [2.45, 2.75) is 33.2 Å². The molecule has 2 amide bonds. The van der Waals surface area contributed by atoms with Crippen molar-refractivity contribution in [3.05, 3.63) is 45.3 Å². The van der Waals surface area contributed by atoms with E-state index in [9.17, 15) is 14.4 Å². The minimum Gasteiger partial charge on any atom is -0.493 e.